The topological polar surface area (TPSA) is 64.1 Å². The fraction of sp³-hybridized carbons (Fsp3) is 0.409. The molecule has 6 heteroatoms. The average molecular weight is 386 g/mol. The number of guanidine groups is 1. The van der Waals surface area contributed by atoms with Crippen LogP contribution >= 0.6 is 0 Å². The van der Waals surface area contributed by atoms with E-state index >= 15 is 0 Å². The number of rotatable bonds is 8. The molecule has 0 aliphatic heterocycles. The number of hydrogen-bond donors (Lipinski definition) is 2. The maximum atomic E-state index is 5.36. The maximum Gasteiger partial charge on any atom is 0.191 e. The standard InChI is InChI=1S/C22H31N3O3/c1-22(2,17-8-10-18(26-4)11-9-17)15-25-21(23-3)24-14-16-7-12-19(27-5)20(13-16)28-6/h7-13H,14-15H2,1-6H3,(H2,23,24,25). The van der Waals surface area contributed by atoms with E-state index in [0.717, 1.165) is 29.6 Å². The Hall–Kier alpha value is -2.89. The molecule has 0 heterocycles. The highest BCUT2D eigenvalue weighted by atomic mass is 16.5. The van der Waals surface area contributed by atoms with Crippen LogP contribution in [0.1, 0.15) is 25.0 Å². The number of nitrogens with one attached hydrogen (secondary N) is 2. The smallest absolute Gasteiger partial charge is 0.191 e. The minimum atomic E-state index is -0.0623. The van der Waals surface area contributed by atoms with Crippen LogP contribution in [0.2, 0.25) is 0 Å². The van der Waals surface area contributed by atoms with Crippen LogP contribution in [-0.2, 0) is 12.0 Å². The molecule has 0 radical (unpaired) electrons. The van der Waals surface area contributed by atoms with Gasteiger partial charge in [0.05, 0.1) is 21.3 Å². The fourth-order valence-electron chi connectivity index (χ4n) is 2.85. The lowest BCUT2D eigenvalue weighted by atomic mass is 9.84. The van der Waals surface area contributed by atoms with Crippen LogP contribution in [0.25, 0.3) is 0 Å². The van der Waals surface area contributed by atoms with Gasteiger partial charge in [-0.3, -0.25) is 4.99 Å². The SMILES string of the molecule is CN=C(NCc1ccc(OC)c(OC)c1)NCC(C)(C)c1ccc(OC)cc1. The molecule has 152 valence electrons. The second kappa shape index (κ2) is 9.88. The number of nitrogens with zero attached hydrogens (tertiary/aromatic N) is 1. The summed E-state index contributed by atoms with van der Waals surface area (Å²) in [4.78, 5) is 4.32. The van der Waals surface area contributed by atoms with Crippen molar-refractivity contribution >= 4 is 5.96 Å². The molecule has 0 saturated carbocycles. The second-order valence-electron chi connectivity index (χ2n) is 7.08. The van der Waals surface area contributed by atoms with E-state index in [9.17, 15) is 0 Å². The molecule has 6 nitrogen and oxygen atoms in total. The molecule has 0 aliphatic carbocycles. The van der Waals surface area contributed by atoms with Gasteiger partial charge in [-0.05, 0) is 35.4 Å². The van der Waals surface area contributed by atoms with E-state index in [1.54, 1.807) is 28.4 Å². The Labute approximate surface area is 167 Å². The molecule has 2 aromatic carbocycles. The minimum Gasteiger partial charge on any atom is -0.497 e. The zero-order valence-electron chi connectivity index (χ0n) is 17.6. The molecule has 0 unspecified atom stereocenters. The van der Waals surface area contributed by atoms with E-state index < -0.39 is 0 Å². The average Bonchev–Trinajstić information content (AvgIpc) is 2.73. The molecule has 0 spiro atoms. The Kier molecular flexibility index (Phi) is 7.55. The van der Waals surface area contributed by atoms with Gasteiger partial charge in [-0.2, -0.15) is 0 Å². The molecule has 28 heavy (non-hydrogen) atoms. The molecular formula is C22H31N3O3. The van der Waals surface area contributed by atoms with Crippen LogP contribution in [0.15, 0.2) is 47.5 Å². The van der Waals surface area contributed by atoms with E-state index in [-0.39, 0.29) is 5.41 Å². The van der Waals surface area contributed by atoms with Gasteiger partial charge in [-0.25, -0.2) is 0 Å². The van der Waals surface area contributed by atoms with Crippen LogP contribution < -0.4 is 24.8 Å². The fourth-order valence-corrected chi connectivity index (χ4v) is 2.85. The number of ether oxygens (including phenoxy) is 3. The van der Waals surface area contributed by atoms with Crippen molar-refractivity contribution in [2.75, 3.05) is 34.9 Å². The van der Waals surface area contributed by atoms with Gasteiger partial charge in [0, 0.05) is 25.6 Å². The van der Waals surface area contributed by atoms with E-state index in [0.29, 0.717) is 12.3 Å². The van der Waals surface area contributed by atoms with Crippen LogP contribution in [0, 0.1) is 0 Å². The lowest BCUT2D eigenvalue weighted by molar-refractivity contribution is 0.354. The second-order valence-corrected chi connectivity index (χ2v) is 7.08. The first-order valence-corrected chi connectivity index (χ1v) is 9.23. The van der Waals surface area contributed by atoms with Gasteiger partial charge in [0.1, 0.15) is 5.75 Å². The molecule has 2 rings (SSSR count). The van der Waals surface area contributed by atoms with E-state index in [4.69, 9.17) is 14.2 Å². The Morgan fingerprint density at radius 1 is 0.893 bits per heavy atom. The maximum absolute atomic E-state index is 5.36. The number of methoxy groups -OCH3 is 3. The summed E-state index contributed by atoms with van der Waals surface area (Å²) in [6.45, 7) is 5.76. The molecule has 2 N–H and O–H groups in total. The van der Waals surface area contributed by atoms with E-state index in [1.165, 1.54) is 5.56 Å². The van der Waals surface area contributed by atoms with Gasteiger partial charge in [-0.15, -0.1) is 0 Å². The molecule has 0 aromatic heterocycles. The lowest BCUT2D eigenvalue weighted by Gasteiger charge is -2.27. The van der Waals surface area contributed by atoms with Crippen molar-refractivity contribution in [2.45, 2.75) is 25.8 Å². The largest absolute Gasteiger partial charge is 0.497 e. The number of benzene rings is 2. The summed E-state index contributed by atoms with van der Waals surface area (Å²) in [6.07, 6.45) is 0. The van der Waals surface area contributed by atoms with Crippen molar-refractivity contribution in [2.24, 2.45) is 4.99 Å². The summed E-state index contributed by atoms with van der Waals surface area (Å²) >= 11 is 0. The normalized spacial score (nSPS) is 11.7. The summed E-state index contributed by atoms with van der Waals surface area (Å²) in [5, 5.41) is 6.75. The van der Waals surface area contributed by atoms with Gasteiger partial charge in [0.15, 0.2) is 17.5 Å². The van der Waals surface area contributed by atoms with Crippen molar-refractivity contribution in [1.82, 2.24) is 10.6 Å². The lowest BCUT2D eigenvalue weighted by Crippen LogP contribution is -2.43. The first-order chi connectivity index (χ1) is 13.4. The van der Waals surface area contributed by atoms with E-state index in [1.807, 2.05) is 30.3 Å². The van der Waals surface area contributed by atoms with Crippen LogP contribution in [0.4, 0.5) is 0 Å². The third-order valence-electron chi connectivity index (χ3n) is 4.70. The Bertz CT molecular complexity index is 786. The van der Waals surface area contributed by atoms with Crippen molar-refractivity contribution < 1.29 is 14.2 Å². The monoisotopic (exact) mass is 385 g/mol. The first kappa shape index (κ1) is 21.4. The zero-order valence-corrected chi connectivity index (χ0v) is 17.6. The van der Waals surface area contributed by atoms with Crippen molar-refractivity contribution in [3.63, 3.8) is 0 Å². The van der Waals surface area contributed by atoms with E-state index in [2.05, 4.69) is 41.6 Å². The van der Waals surface area contributed by atoms with Crippen molar-refractivity contribution in [3.8, 4) is 17.2 Å². The molecule has 0 bridgehead atoms. The highest BCUT2D eigenvalue weighted by molar-refractivity contribution is 5.79. The molecule has 0 atom stereocenters. The van der Waals surface area contributed by atoms with Gasteiger partial charge in [-0.1, -0.05) is 32.0 Å². The predicted octanol–water partition coefficient (Wildman–Crippen LogP) is 3.36. The summed E-state index contributed by atoms with van der Waals surface area (Å²) in [6, 6.07) is 14.0. The molecule has 0 amide bonds. The van der Waals surface area contributed by atoms with Gasteiger partial charge in [0.25, 0.3) is 0 Å². The number of hydrogen-bond acceptors (Lipinski definition) is 4. The highest BCUT2D eigenvalue weighted by Gasteiger charge is 2.21. The van der Waals surface area contributed by atoms with Crippen LogP contribution in [0.3, 0.4) is 0 Å². The Morgan fingerprint density at radius 2 is 1.57 bits per heavy atom. The molecule has 2 aromatic rings. The first-order valence-electron chi connectivity index (χ1n) is 9.23. The number of aliphatic imine (C=N–C) groups is 1. The van der Waals surface area contributed by atoms with Gasteiger partial charge in [0.2, 0.25) is 0 Å². The van der Waals surface area contributed by atoms with Crippen LogP contribution in [0.5, 0.6) is 17.2 Å². The molecule has 0 fully saturated rings. The summed E-state index contributed by atoms with van der Waals surface area (Å²) in [5.74, 6) is 3.04. The zero-order chi connectivity index (χ0) is 20.6. The van der Waals surface area contributed by atoms with Crippen molar-refractivity contribution in [3.05, 3.63) is 53.6 Å². The highest BCUT2D eigenvalue weighted by Crippen LogP contribution is 2.27. The van der Waals surface area contributed by atoms with Gasteiger partial charge >= 0.3 is 0 Å². The predicted molar refractivity (Wildman–Crippen MR) is 114 cm³/mol. The summed E-state index contributed by atoms with van der Waals surface area (Å²) in [7, 11) is 6.71. The van der Waals surface area contributed by atoms with Crippen molar-refractivity contribution in [1.29, 1.82) is 0 Å². The quantitative estimate of drug-likeness (QED) is 0.539. The summed E-state index contributed by atoms with van der Waals surface area (Å²) in [5.41, 5.74) is 2.25. The minimum absolute atomic E-state index is 0.0623. The summed E-state index contributed by atoms with van der Waals surface area (Å²) < 4.78 is 15.9. The molecule has 0 saturated heterocycles. The third-order valence-corrected chi connectivity index (χ3v) is 4.70. The Balaban J connectivity index is 1.95. The van der Waals surface area contributed by atoms with Crippen LogP contribution in [-0.4, -0.2) is 40.9 Å². The molecular weight excluding hydrogens is 354 g/mol. The molecule has 0 aliphatic rings. The van der Waals surface area contributed by atoms with Gasteiger partial charge < -0.3 is 24.8 Å². The Morgan fingerprint density at radius 3 is 2.14 bits per heavy atom. The third kappa shape index (κ3) is 5.55.